The summed E-state index contributed by atoms with van der Waals surface area (Å²) in [6.45, 7) is 7.60. The summed E-state index contributed by atoms with van der Waals surface area (Å²) in [6, 6.07) is 9.86. The molecule has 2 nitrogen and oxygen atoms in total. The molecule has 1 unspecified atom stereocenters. The van der Waals surface area contributed by atoms with E-state index in [0.717, 1.165) is 5.56 Å². The molecule has 1 atom stereocenters. The van der Waals surface area contributed by atoms with Crippen molar-refractivity contribution in [2.75, 3.05) is 6.61 Å². The molecule has 0 aliphatic carbocycles. The third-order valence-corrected chi connectivity index (χ3v) is 3.83. The van der Waals surface area contributed by atoms with Crippen LogP contribution in [0.15, 0.2) is 30.3 Å². The molecule has 1 aromatic rings. The lowest BCUT2D eigenvalue weighted by Crippen LogP contribution is -2.44. The van der Waals surface area contributed by atoms with Crippen LogP contribution in [-0.2, 0) is 0 Å². The van der Waals surface area contributed by atoms with Gasteiger partial charge in [-0.15, -0.1) is 0 Å². The highest BCUT2D eigenvalue weighted by Gasteiger charge is 2.42. The molecule has 2 N–H and O–H groups in total. The third-order valence-electron chi connectivity index (χ3n) is 3.83. The second-order valence-corrected chi connectivity index (χ2v) is 5.43. The average molecular weight is 222 g/mol. The van der Waals surface area contributed by atoms with Gasteiger partial charge in [0.25, 0.3) is 0 Å². The minimum Gasteiger partial charge on any atom is -0.396 e. The second-order valence-electron chi connectivity index (χ2n) is 5.43. The maximum absolute atomic E-state index is 10.2. The highest BCUT2D eigenvalue weighted by atomic mass is 16.3. The Hall–Kier alpha value is -0.860. The number of aliphatic hydroxyl groups excluding tert-OH is 1. The van der Waals surface area contributed by atoms with Gasteiger partial charge in [-0.2, -0.15) is 0 Å². The second kappa shape index (κ2) is 4.56. The van der Waals surface area contributed by atoms with Gasteiger partial charge < -0.3 is 10.2 Å². The molecule has 0 amide bonds. The van der Waals surface area contributed by atoms with Gasteiger partial charge in [0.05, 0.1) is 12.2 Å². The summed E-state index contributed by atoms with van der Waals surface area (Å²) >= 11 is 0. The van der Waals surface area contributed by atoms with E-state index in [4.69, 9.17) is 0 Å². The van der Waals surface area contributed by atoms with Crippen molar-refractivity contribution in [3.63, 3.8) is 0 Å². The zero-order chi connectivity index (χ0) is 12.4. The molecule has 1 aromatic carbocycles. The Bertz CT molecular complexity index is 322. The number of benzene rings is 1. The van der Waals surface area contributed by atoms with Gasteiger partial charge in [0, 0.05) is 11.3 Å². The Balaban J connectivity index is 3.09. The van der Waals surface area contributed by atoms with Crippen LogP contribution in [0.4, 0.5) is 0 Å². The molecule has 90 valence electrons. The van der Waals surface area contributed by atoms with Crippen molar-refractivity contribution in [2.24, 2.45) is 5.41 Å². The van der Waals surface area contributed by atoms with E-state index in [-0.39, 0.29) is 17.9 Å². The van der Waals surface area contributed by atoms with Crippen LogP contribution in [0.1, 0.15) is 39.2 Å². The normalized spacial score (nSPS) is 14.9. The van der Waals surface area contributed by atoms with Gasteiger partial charge in [0.2, 0.25) is 0 Å². The molecule has 0 aromatic heterocycles. The highest BCUT2D eigenvalue weighted by Crippen LogP contribution is 2.43. The maximum Gasteiger partial charge on any atom is 0.0649 e. The molecular formula is C14H22O2. The third kappa shape index (κ3) is 2.45. The van der Waals surface area contributed by atoms with E-state index in [1.165, 1.54) is 0 Å². The summed E-state index contributed by atoms with van der Waals surface area (Å²) in [5.74, 6) is -0.0614. The smallest absolute Gasteiger partial charge is 0.0649 e. The molecular weight excluding hydrogens is 200 g/mol. The fourth-order valence-corrected chi connectivity index (χ4v) is 1.86. The first-order valence-electron chi connectivity index (χ1n) is 5.69. The van der Waals surface area contributed by atoms with Crippen LogP contribution in [0.5, 0.6) is 0 Å². The fraction of sp³-hybridized carbons (Fsp3) is 0.571. The van der Waals surface area contributed by atoms with Gasteiger partial charge in [-0.1, -0.05) is 44.2 Å². The SMILES string of the molecule is CC(C)(O)C(C)(C)C(CO)c1ccccc1. The van der Waals surface area contributed by atoms with E-state index in [9.17, 15) is 10.2 Å². The number of hydrogen-bond donors (Lipinski definition) is 2. The van der Waals surface area contributed by atoms with Crippen LogP contribution in [0, 0.1) is 5.41 Å². The largest absolute Gasteiger partial charge is 0.396 e. The van der Waals surface area contributed by atoms with E-state index in [1.807, 2.05) is 44.2 Å². The van der Waals surface area contributed by atoms with Crippen molar-refractivity contribution in [3.05, 3.63) is 35.9 Å². The van der Waals surface area contributed by atoms with Crippen LogP contribution in [0.3, 0.4) is 0 Å². The zero-order valence-electron chi connectivity index (χ0n) is 10.6. The van der Waals surface area contributed by atoms with E-state index in [0.29, 0.717) is 0 Å². The van der Waals surface area contributed by atoms with Gasteiger partial charge in [0.1, 0.15) is 0 Å². The highest BCUT2D eigenvalue weighted by molar-refractivity contribution is 5.23. The van der Waals surface area contributed by atoms with Crippen molar-refractivity contribution in [1.29, 1.82) is 0 Å². The van der Waals surface area contributed by atoms with Crippen LogP contribution in [0.2, 0.25) is 0 Å². The first-order valence-corrected chi connectivity index (χ1v) is 5.69. The average Bonchev–Trinajstić information content (AvgIpc) is 2.18. The monoisotopic (exact) mass is 222 g/mol. The summed E-state index contributed by atoms with van der Waals surface area (Å²) < 4.78 is 0. The van der Waals surface area contributed by atoms with E-state index >= 15 is 0 Å². The minimum absolute atomic E-state index is 0.0427. The van der Waals surface area contributed by atoms with Crippen LogP contribution >= 0.6 is 0 Å². The lowest BCUT2D eigenvalue weighted by Gasteiger charge is -2.43. The molecule has 0 bridgehead atoms. The molecule has 0 heterocycles. The van der Waals surface area contributed by atoms with Crippen molar-refractivity contribution in [3.8, 4) is 0 Å². The summed E-state index contributed by atoms with van der Waals surface area (Å²) in [4.78, 5) is 0. The van der Waals surface area contributed by atoms with Crippen LogP contribution in [0.25, 0.3) is 0 Å². The quantitative estimate of drug-likeness (QED) is 0.822. The molecule has 0 fully saturated rings. The lowest BCUT2D eigenvalue weighted by molar-refractivity contribution is -0.0594. The number of hydrogen-bond acceptors (Lipinski definition) is 2. The zero-order valence-corrected chi connectivity index (χ0v) is 10.6. The summed E-state index contributed by atoms with van der Waals surface area (Å²) in [6.07, 6.45) is 0. The maximum atomic E-state index is 10.2. The molecule has 0 saturated heterocycles. The van der Waals surface area contributed by atoms with E-state index in [2.05, 4.69) is 0 Å². The molecule has 0 aliphatic rings. The molecule has 0 spiro atoms. The number of rotatable bonds is 4. The van der Waals surface area contributed by atoms with Crippen molar-refractivity contribution >= 4 is 0 Å². The molecule has 0 aliphatic heterocycles. The predicted octanol–water partition coefficient (Wildman–Crippen LogP) is 2.56. The Kier molecular flexibility index (Phi) is 3.76. The van der Waals surface area contributed by atoms with Gasteiger partial charge in [-0.25, -0.2) is 0 Å². The first-order chi connectivity index (χ1) is 7.30. The Morgan fingerprint density at radius 2 is 1.56 bits per heavy atom. The standard InChI is InChI=1S/C14H22O2/c1-13(2,14(3,4)16)12(10-15)11-8-6-5-7-9-11/h5-9,12,15-16H,10H2,1-4H3. The first kappa shape index (κ1) is 13.2. The Morgan fingerprint density at radius 3 is 1.94 bits per heavy atom. The van der Waals surface area contributed by atoms with Gasteiger partial charge in [-0.3, -0.25) is 0 Å². The summed E-state index contributed by atoms with van der Waals surface area (Å²) in [7, 11) is 0. The van der Waals surface area contributed by atoms with Crippen molar-refractivity contribution < 1.29 is 10.2 Å². The molecule has 1 rings (SSSR count). The van der Waals surface area contributed by atoms with E-state index in [1.54, 1.807) is 13.8 Å². The van der Waals surface area contributed by atoms with Crippen molar-refractivity contribution in [2.45, 2.75) is 39.2 Å². The van der Waals surface area contributed by atoms with Gasteiger partial charge in [0.15, 0.2) is 0 Å². The summed E-state index contributed by atoms with van der Waals surface area (Å²) in [5.41, 5.74) is -0.156. The lowest BCUT2D eigenvalue weighted by atomic mass is 9.66. The minimum atomic E-state index is -0.837. The Labute approximate surface area is 97.9 Å². The molecule has 2 heteroatoms. The fourth-order valence-electron chi connectivity index (χ4n) is 1.86. The predicted molar refractivity (Wildman–Crippen MR) is 66.3 cm³/mol. The van der Waals surface area contributed by atoms with E-state index < -0.39 is 5.60 Å². The Morgan fingerprint density at radius 1 is 1.06 bits per heavy atom. The van der Waals surface area contributed by atoms with Crippen LogP contribution < -0.4 is 0 Å². The topological polar surface area (TPSA) is 40.5 Å². The molecule has 0 saturated carbocycles. The van der Waals surface area contributed by atoms with Gasteiger partial charge >= 0.3 is 0 Å². The molecule has 16 heavy (non-hydrogen) atoms. The molecule has 0 radical (unpaired) electrons. The summed E-state index contributed by atoms with van der Waals surface area (Å²) in [5, 5.41) is 19.8. The number of aliphatic hydroxyl groups is 2. The van der Waals surface area contributed by atoms with Gasteiger partial charge in [-0.05, 0) is 19.4 Å². The van der Waals surface area contributed by atoms with Crippen LogP contribution in [-0.4, -0.2) is 22.4 Å². The van der Waals surface area contributed by atoms with Crippen molar-refractivity contribution in [1.82, 2.24) is 0 Å².